The molecule has 1 saturated heterocycles. The second kappa shape index (κ2) is 7.02. The van der Waals surface area contributed by atoms with Gasteiger partial charge in [0.15, 0.2) is 0 Å². The summed E-state index contributed by atoms with van der Waals surface area (Å²) >= 11 is 1.93. The van der Waals surface area contributed by atoms with Crippen molar-refractivity contribution in [2.45, 2.75) is 31.4 Å². The van der Waals surface area contributed by atoms with Crippen LogP contribution in [0.2, 0.25) is 0 Å². The number of aliphatic hydroxyl groups excluding tert-OH is 1. The second-order valence-electron chi connectivity index (χ2n) is 5.63. The van der Waals surface area contributed by atoms with Crippen LogP contribution in [0.5, 0.6) is 0 Å². The first-order chi connectivity index (χ1) is 10.0. The van der Waals surface area contributed by atoms with Crippen LogP contribution >= 0.6 is 11.8 Å². The fourth-order valence-corrected chi connectivity index (χ4v) is 3.72. The number of hydrogen-bond acceptors (Lipinski definition) is 3. The lowest BCUT2D eigenvalue weighted by molar-refractivity contribution is 0.0950. The van der Waals surface area contributed by atoms with Crippen molar-refractivity contribution in [3.05, 3.63) is 34.9 Å². The minimum Gasteiger partial charge on any atom is -0.384 e. The van der Waals surface area contributed by atoms with E-state index in [9.17, 15) is 4.79 Å². The van der Waals surface area contributed by atoms with Crippen LogP contribution in [0, 0.1) is 18.8 Å². The van der Waals surface area contributed by atoms with Crippen LogP contribution in [-0.2, 0) is 0 Å². The molecule has 0 bridgehead atoms. The first-order valence-corrected chi connectivity index (χ1v) is 8.15. The number of hydrogen-bond donors (Lipinski definition) is 2. The predicted octanol–water partition coefficient (Wildman–Crippen LogP) is 2.35. The molecule has 1 aliphatic rings. The van der Waals surface area contributed by atoms with Gasteiger partial charge in [0.2, 0.25) is 0 Å². The molecule has 2 rings (SSSR count). The molecule has 112 valence electrons. The summed E-state index contributed by atoms with van der Waals surface area (Å²) < 4.78 is 0.166. The topological polar surface area (TPSA) is 49.3 Å². The number of nitrogens with one attached hydrogen (secondary N) is 1. The summed E-state index contributed by atoms with van der Waals surface area (Å²) in [5, 5.41) is 11.8. The normalized spacial score (nSPS) is 20.7. The van der Waals surface area contributed by atoms with Crippen LogP contribution in [-0.4, -0.2) is 34.7 Å². The van der Waals surface area contributed by atoms with Gasteiger partial charge in [0, 0.05) is 22.4 Å². The van der Waals surface area contributed by atoms with Crippen LogP contribution in [0.1, 0.15) is 41.3 Å². The van der Waals surface area contributed by atoms with Crippen molar-refractivity contribution in [3.8, 4) is 11.8 Å². The molecule has 3 nitrogen and oxygen atoms in total. The van der Waals surface area contributed by atoms with Gasteiger partial charge in [-0.05, 0) is 56.2 Å². The van der Waals surface area contributed by atoms with E-state index in [0.717, 1.165) is 17.5 Å². The van der Waals surface area contributed by atoms with E-state index in [-0.39, 0.29) is 17.3 Å². The molecule has 2 N–H and O–H groups in total. The Hall–Kier alpha value is -1.44. The van der Waals surface area contributed by atoms with Crippen molar-refractivity contribution in [1.29, 1.82) is 0 Å². The monoisotopic (exact) mass is 303 g/mol. The highest BCUT2D eigenvalue weighted by Gasteiger charge is 2.29. The molecule has 1 heterocycles. The highest BCUT2D eigenvalue weighted by molar-refractivity contribution is 8.00. The van der Waals surface area contributed by atoms with Crippen molar-refractivity contribution < 1.29 is 9.90 Å². The average molecular weight is 303 g/mol. The summed E-state index contributed by atoms with van der Waals surface area (Å²) in [4.78, 5) is 12.3. The molecule has 1 aliphatic heterocycles. The van der Waals surface area contributed by atoms with Gasteiger partial charge in [-0.25, -0.2) is 0 Å². The lowest BCUT2D eigenvalue weighted by atomic mass is 10.0. The quantitative estimate of drug-likeness (QED) is 0.843. The second-order valence-corrected chi connectivity index (χ2v) is 7.31. The maximum Gasteiger partial charge on any atom is 0.251 e. The number of amides is 1. The van der Waals surface area contributed by atoms with Gasteiger partial charge < -0.3 is 10.4 Å². The molecule has 1 amide bonds. The summed E-state index contributed by atoms with van der Waals surface area (Å²) in [5.74, 6) is 6.58. The Morgan fingerprint density at radius 1 is 1.48 bits per heavy atom. The van der Waals surface area contributed by atoms with E-state index in [0.29, 0.717) is 12.1 Å². The number of benzene rings is 1. The number of rotatable bonds is 3. The van der Waals surface area contributed by atoms with Gasteiger partial charge in [-0.15, -0.1) is 0 Å². The zero-order valence-corrected chi connectivity index (χ0v) is 13.3. The molecule has 0 aliphatic carbocycles. The van der Waals surface area contributed by atoms with E-state index in [4.69, 9.17) is 5.11 Å². The smallest absolute Gasteiger partial charge is 0.251 e. The lowest BCUT2D eigenvalue weighted by Crippen LogP contribution is -2.36. The van der Waals surface area contributed by atoms with Gasteiger partial charge in [0.05, 0.1) is 0 Å². The van der Waals surface area contributed by atoms with Crippen LogP contribution in [0.3, 0.4) is 0 Å². The van der Waals surface area contributed by atoms with Crippen LogP contribution in [0.4, 0.5) is 0 Å². The molecule has 1 aromatic rings. The van der Waals surface area contributed by atoms with E-state index >= 15 is 0 Å². The van der Waals surface area contributed by atoms with Crippen molar-refractivity contribution in [2.24, 2.45) is 0 Å². The summed E-state index contributed by atoms with van der Waals surface area (Å²) in [6.07, 6.45) is 2.38. The fourth-order valence-electron chi connectivity index (χ4n) is 2.47. The molecular weight excluding hydrogens is 282 g/mol. The maximum atomic E-state index is 12.3. The Bertz CT molecular complexity index is 580. The molecule has 1 atom stereocenters. The summed E-state index contributed by atoms with van der Waals surface area (Å²) in [6.45, 7) is 4.67. The van der Waals surface area contributed by atoms with Crippen LogP contribution in [0.15, 0.2) is 18.2 Å². The van der Waals surface area contributed by atoms with Gasteiger partial charge >= 0.3 is 0 Å². The van der Waals surface area contributed by atoms with E-state index in [1.807, 2.05) is 30.8 Å². The standard InChI is InChI=1S/C17H21NO2S/c1-13-9-14(5-3-7-19)11-15(10-13)16(20)18-12-17(2)6-4-8-21-17/h9-11,19H,4,6-8,12H2,1-2H3,(H,18,20). The zero-order chi connectivity index (χ0) is 15.3. The van der Waals surface area contributed by atoms with E-state index < -0.39 is 0 Å². The number of thioether (sulfide) groups is 1. The fraction of sp³-hybridized carbons (Fsp3) is 0.471. The highest BCUT2D eigenvalue weighted by atomic mass is 32.2. The van der Waals surface area contributed by atoms with E-state index in [1.165, 1.54) is 12.2 Å². The van der Waals surface area contributed by atoms with Gasteiger partial charge in [-0.2, -0.15) is 11.8 Å². The Morgan fingerprint density at radius 3 is 2.95 bits per heavy atom. The van der Waals surface area contributed by atoms with Crippen molar-refractivity contribution in [1.82, 2.24) is 5.32 Å². The molecule has 0 spiro atoms. The maximum absolute atomic E-state index is 12.3. The third kappa shape index (κ3) is 4.52. The van der Waals surface area contributed by atoms with Gasteiger partial charge in [0.25, 0.3) is 5.91 Å². The molecule has 1 aromatic carbocycles. The Labute approximate surface area is 130 Å². The molecule has 4 heteroatoms. The van der Waals surface area contributed by atoms with Crippen LogP contribution in [0.25, 0.3) is 0 Å². The molecule has 0 radical (unpaired) electrons. The number of carbonyl (C=O) groups excluding carboxylic acids is 1. The number of aliphatic hydroxyl groups is 1. The zero-order valence-electron chi connectivity index (χ0n) is 12.5. The van der Waals surface area contributed by atoms with Gasteiger partial charge in [-0.3, -0.25) is 4.79 Å². The van der Waals surface area contributed by atoms with E-state index in [2.05, 4.69) is 24.1 Å². The first-order valence-electron chi connectivity index (χ1n) is 7.16. The highest BCUT2D eigenvalue weighted by Crippen LogP contribution is 2.36. The van der Waals surface area contributed by atoms with Crippen molar-refractivity contribution >= 4 is 17.7 Å². The lowest BCUT2D eigenvalue weighted by Gasteiger charge is -2.22. The molecule has 0 aromatic heterocycles. The van der Waals surface area contributed by atoms with Crippen molar-refractivity contribution in [3.63, 3.8) is 0 Å². The Morgan fingerprint density at radius 2 is 2.29 bits per heavy atom. The average Bonchev–Trinajstić information content (AvgIpc) is 2.89. The number of aryl methyl sites for hydroxylation is 1. The minimum atomic E-state index is -0.176. The molecule has 1 fully saturated rings. The van der Waals surface area contributed by atoms with Gasteiger partial charge in [-0.1, -0.05) is 11.8 Å². The Balaban J connectivity index is 2.06. The van der Waals surface area contributed by atoms with Crippen molar-refractivity contribution in [2.75, 3.05) is 18.9 Å². The van der Waals surface area contributed by atoms with Crippen LogP contribution < -0.4 is 5.32 Å². The molecule has 0 saturated carbocycles. The number of carbonyl (C=O) groups is 1. The SMILES string of the molecule is Cc1cc(C#CCO)cc(C(=O)NCC2(C)CCCS2)c1. The Kier molecular flexibility index (Phi) is 5.33. The largest absolute Gasteiger partial charge is 0.384 e. The predicted molar refractivity (Wildman–Crippen MR) is 87.6 cm³/mol. The third-order valence-corrected chi connectivity index (χ3v) is 5.11. The molecular formula is C17H21NO2S. The summed E-state index contributed by atoms with van der Waals surface area (Å²) in [5.41, 5.74) is 2.38. The van der Waals surface area contributed by atoms with E-state index in [1.54, 1.807) is 6.07 Å². The summed E-state index contributed by atoms with van der Waals surface area (Å²) in [6, 6.07) is 5.55. The summed E-state index contributed by atoms with van der Waals surface area (Å²) in [7, 11) is 0. The minimum absolute atomic E-state index is 0.0560. The molecule has 1 unspecified atom stereocenters. The van der Waals surface area contributed by atoms with Gasteiger partial charge in [0.1, 0.15) is 6.61 Å². The third-order valence-electron chi connectivity index (χ3n) is 3.57. The first kappa shape index (κ1) is 15.9. The molecule has 21 heavy (non-hydrogen) atoms.